The number of amides is 2. The standard InChI is InChI=1S/C20H16Cl3N3O2S/c1-11-18(29-19(24-11)12-6-8-13(21)9-7-12)20(28)26(2)10-16(27)25-17-14(22)4-3-5-15(17)23/h3-9H,10H2,1-2H3,(H,25,27). The first kappa shape index (κ1) is 21.6. The lowest BCUT2D eigenvalue weighted by Gasteiger charge is -2.17. The van der Waals surface area contributed by atoms with Gasteiger partial charge in [-0.05, 0) is 31.2 Å². The SMILES string of the molecule is Cc1nc(-c2ccc(Cl)cc2)sc1C(=O)N(C)CC(=O)Nc1c(Cl)cccc1Cl. The summed E-state index contributed by atoms with van der Waals surface area (Å²) in [6.07, 6.45) is 0. The van der Waals surface area contributed by atoms with Crippen LogP contribution in [-0.2, 0) is 4.79 Å². The van der Waals surface area contributed by atoms with Crippen LogP contribution in [0, 0.1) is 6.92 Å². The second kappa shape index (κ2) is 9.13. The number of aromatic nitrogens is 1. The minimum atomic E-state index is -0.407. The molecule has 29 heavy (non-hydrogen) atoms. The van der Waals surface area contributed by atoms with Crippen molar-refractivity contribution in [1.82, 2.24) is 9.88 Å². The van der Waals surface area contributed by atoms with E-state index in [1.54, 1.807) is 44.3 Å². The van der Waals surface area contributed by atoms with E-state index in [1.165, 1.54) is 16.2 Å². The molecule has 5 nitrogen and oxygen atoms in total. The molecule has 3 rings (SSSR count). The minimum Gasteiger partial charge on any atom is -0.332 e. The van der Waals surface area contributed by atoms with Gasteiger partial charge in [0.15, 0.2) is 0 Å². The summed E-state index contributed by atoms with van der Waals surface area (Å²) in [5, 5.41) is 4.63. The molecule has 0 atom stereocenters. The number of carbonyl (C=O) groups is 2. The van der Waals surface area contributed by atoms with Crippen LogP contribution in [0.1, 0.15) is 15.4 Å². The Morgan fingerprint density at radius 1 is 1.07 bits per heavy atom. The fourth-order valence-corrected chi connectivity index (χ4v) is 4.25. The maximum absolute atomic E-state index is 12.8. The highest BCUT2D eigenvalue weighted by Gasteiger charge is 2.22. The van der Waals surface area contributed by atoms with Gasteiger partial charge < -0.3 is 10.2 Å². The number of anilines is 1. The average molecular weight is 469 g/mol. The van der Waals surface area contributed by atoms with Crippen molar-refractivity contribution in [3.63, 3.8) is 0 Å². The van der Waals surface area contributed by atoms with Crippen molar-refractivity contribution in [2.45, 2.75) is 6.92 Å². The van der Waals surface area contributed by atoms with Gasteiger partial charge in [-0.3, -0.25) is 9.59 Å². The van der Waals surface area contributed by atoms with E-state index >= 15 is 0 Å². The highest BCUT2D eigenvalue weighted by atomic mass is 35.5. The highest BCUT2D eigenvalue weighted by Crippen LogP contribution is 2.31. The molecule has 0 unspecified atom stereocenters. The molecule has 2 amide bonds. The Kier molecular flexibility index (Phi) is 6.80. The van der Waals surface area contributed by atoms with Crippen LogP contribution in [0.5, 0.6) is 0 Å². The number of nitrogens with one attached hydrogen (secondary N) is 1. The fourth-order valence-electron chi connectivity index (χ4n) is 2.57. The molecule has 0 spiro atoms. The highest BCUT2D eigenvalue weighted by molar-refractivity contribution is 7.17. The van der Waals surface area contributed by atoms with Crippen LogP contribution < -0.4 is 5.32 Å². The van der Waals surface area contributed by atoms with E-state index < -0.39 is 5.91 Å². The molecule has 0 fully saturated rings. The van der Waals surface area contributed by atoms with Crippen molar-refractivity contribution in [2.75, 3.05) is 18.9 Å². The van der Waals surface area contributed by atoms with Gasteiger partial charge in [0.05, 0.1) is 28.0 Å². The first-order chi connectivity index (χ1) is 13.8. The molecule has 3 aromatic rings. The number of rotatable bonds is 5. The molecule has 0 aliphatic carbocycles. The molecule has 1 aromatic heterocycles. The predicted molar refractivity (Wildman–Crippen MR) is 119 cm³/mol. The number of nitrogens with zero attached hydrogens (tertiary/aromatic N) is 2. The van der Waals surface area contributed by atoms with Crippen molar-refractivity contribution in [3.8, 4) is 10.6 Å². The average Bonchev–Trinajstić information content (AvgIpc) is 3.06. The molecule has 1 heterocycles. The number of aryl methyl sites for hydroxylation is 1. The Morgan fingerprint density at radius 2 is 1.69 bits per heavy atom. The lowest BCUT2D eigenvalue weighted by atomic mass is 10.2. The molecule has 0 aliphatic rings. The van der Waals surface area contributed by atoms with Gasteiger partial charge in [-0.25, -0.2) is 4.98 Å². The molecule has 150 valence electrons. The van der Waals surface area contributed by atoms with E-state index in [0.717, 1.165) is 5.56 Å². The summed E-state index contributed by atoms with van der Waals surface area (Å²) in [4.78, 5) is 31.5. The van der Waals surface area contributed by atoms with Gasteiger partial charge in [-0.2, -0.15) is 0 Å². The Balaban J connectivity index is 1.71. The summed E-state index contributed by atoms with van der Waals surface area (Å²) >= 11 is 19.3. The third-order valence-corrected chi connectivity index (χ3v) is 6.11. The van der Waals surface area contributed by atoms with Crippen LogP contribution in [0.2, 0.25) is 15.1 Å². The van der Waals surface area contributed by atoms with Gasteiger partial charge in [0.2, 0.25) is 5.91 Å². The lowest BCUT2D eigenvalue weighted by molar-refractivity contribution is -0.116. The summed E-state index contributed by atoms with van der Waals surface area (Å²) in [5.74, 6) is -0.698. The van der Waals surface area contributed by atoms with E-state index in [9.17, 15) is 9.59 Å². The maximum atomic E-state index is 12.8. The van der Waals surface area contributed by atoms with Gasteiger partial charge in [0.1, 0.15) is 9.88 Å². The monoisotopic (exact) mass is 467 g/mol. The maximum Gasteiger partial charge on any atom is 0.266 e. The number of carbonyl (C=O) groups excluding carboxylic acids is 2. The molecule has 0 saturated heterocycles. The van der Waals surface area contributed by atoms with Crippen LogP contribution in [0.3, 0.4) is 0 Å². The van der Waals surface area contributed by atoms with Gasteiger partial charge in [-0.1, -0.05) is 53.0 Å². The van der Waals surface area contributed by atoms with Gasteiger partial charge in [0.25, 0.3) is 5.91 Å². The largest absolute Gasteiger partial charge is 0.332 e. The normalized spacial score (nSPS) is 10.7. The Hall–Kier alpha value is -2.12. The molecule has 0 aliphatic heterocycles. The van der Waals surface area contributed by atoms with Crippen molar-refractivity contribution in [2.24, 2.45) is 0 Å². The van der Waals surface area contributed by atoms with E-state index in [-0.39, 0.29) is 12.5 Å². The Morgan fingerprint density at radius 3 is 2.31 bits per heavy atom. The number of likely N-dealkylation sites (N-methyl/N-ethyl adjacent to an activating group) is 1. The summed E-state index contributed by atoms with van der Waals surface area (Å²) in [6.45, 7) is 1.61. The summed E-state index contributed by atoms with van der Waals surface area (Å²) in [5.41, 5.74) is 1.79. The Labute approximate surface area is 187 Å². The van der Waals surface area contributed by atoms with Crippen LogP contribution in [0.15, 0.2) is 42.5 Å². The van der Waals surface area contributed by atoms with Crippen molar-refractivity contribution < 1.29 is 9.59 Å². The minimum absolute atomic E-state index is 0.159. The lowest BCUT2D eigenvalue weighted by Crippen LogP contribution is -2.35. The van der Waals surface area contributed by atoms with Crippen molar-refractivity contribution >= 4 is 63.6 Å². The van der Waals surface area contributed by atoms with Crippen LogP contribution in [0.25, 0.3) is 10.6 Å². The second-order valence-corrected chi connectivity index (χ2v) is 8.50. The first-order valence-electron chi connectivity index (χ1n) is 8.49. The molecular weight excluding hydrogens is 453 g/mol. The molecule has 2 aromatic carbocycles. The van der Waals surface area contributed by atoms with Crippen LogP contribution in [-0.4, -0.2) is 35.3 Å². The zero-order chi connectivity index (χ0) is 21.1. The zero-order valence-electron chi connectivity index (χ0n) is 15.5. The van der Waals surface area contributed by atoms with Gasteiger partial charge >= 0.3 is 0 Å². The predicted octanol–water partition coefficient (Wildman–Crippen LogP) is 5.79. The number of benzene rings is 2. The molecule has 9 heteroatoms. The van der Waals surface area contributed by atoms with Gasteiger partial charge in [-0.15, -0.1) is 11.3 Å². The topological polar surface area (TPSA) is 62.3 Å². The van der Waals surface area contributed by atoms with Crippen molar-refractivity contribution in [3.05, 3.63) is 68.1 Å². The summed E-state index contributed by atoms with van der Waals surface area (Å²) < 4.78 is 0. The van der Waals surface area contributed by atoms with E-state index in [0.29, 0.717) is 36.3 Å². The van der Waals surface area contributed by atoms with Crippen molar-refractivity contribution in [1.29, 1.82) is 0 Å². The number of thiazole rings is 1. The van der Waals surface area contributed by atoms with Gasteiger partial charge in [0, 0.05) is 17.6 Å². The van der Waals surface area contributed by atoms with Crippen LogP contribution >= 0.6 is 46.1 Å². The molecule has 0 saturated carbocycles. The molecule has 1 N–H and O–H groups in total. The second-order valence-electron chi connectivity index (χ2n) is 6.25. The van der Waals surface area contributed by atoms with E-state index in [1.807, 2.05) is 12.1 Å². The first-order valence-corrected chi connectivity index (χ1v) is 10.4. The smallest absolute Gasteiger partial charge is 0.266 e. The molecule has 0 bridgehead atoms. The zero-order valence-corrected chi connectivity index (χ0v) is 18.6. The number of hydrogen-bond acceptors (Lipinski definition) is 4. The third kappa shape index (κ3) is 5.08. The quantitative estimate of drug-likeness (QED) is 0.515. The van der Waals surface area contributed by atoms with E-state index in [2.05, 4.69) is 10.3 Å². The Bertz CT molecular complexity index is 1050. The number of hydrogen-bond donors (Lipinski definition) is 1. The molecular formula is C20H16Cl3N3O2S. The summed E-state index contributed by atoms with van der Waals surface area (Å²) in [7, 11) is 1.55. The van der Waals surface area contributed by atoms with E-state index in [4.69, 9.17) is 34.8 Å². The fraction of sp³-hybridized carbons (Fsp3) is 0.150. The number of halogens is 3. The summed E-state index contributed by atoms with van der Waals surface area (Å²) in [6, 6.07) is 12.2. The number of para-hydroxylation sites is 1. The van der Waals surface area contributed by atoms with Crippen LogP contribution in [0.4, 0.5) is 5.69 Å². The molecule has 0 radical (unpaired) electrons. The third-order valence-electron chi connectivity index (χ3n) is 4.04.